The predicted octanol–water partition coefficient (Wildman–Crippen LogP) is 3.59. The van der Waals surface area contributed by atoms with E-state index in [9.17, 15) is 0 Å². The van der Waals surface area contributed by atoms with E-state index in [0.717, 1.165) is 15.6 Å². The summed E-state index contributed by atoms with van der Waals surface area (Å²) in [6.45, 7) is 4.63. The van der Waals surface area contributed by atoms with Crippen LogP contribution >= 0.6 is 22.9 Å². The van der Waals surface area contributed by atoms with Gasteiger partial charge in [-0.3, -0.25) is 0 Å². The minimum atomic E-state index is 0.0497. The first-order chi connectivity index (χ1) is 10.1. The summed E-state index contributed by atoms with van der Waals surface area (Å²) in [6.07, 6.45) is 0.896. The molecule has 0 saturated heterocycles. The highest BCUT2D eigenvalue weighted by molar-refractivity contribution is 7.16. The number of hydrogen-bond acceptors (Lipinski definition) is 7. The number of ether oxygens (including phenoxy) is 1. The SMILES string of the molecule is CCCOc1nc(NC)nc(NC(C)c2ccc(Cl)s2)n1. The largest absolute Gasteiger partial charge is 0.463 e. The molecule has 0 bridgehead atoms. The van der Waals surface area contributed by atoms with Crippen LogP contribution in [0.5, 0.6) is 6.01 Å². The van der Waals surface area contributed by atoms with Crippen molar-refractivity contribution in [2.75, 3.05) is 24.3 Å². The lowest BCUT2D eigenvalue weighted by atomic mass is 10.3. The smallest absolute Gasteiger partial charge is 0.323 e. The van der Waals surface area contributed by atoms with Crippen LogP contribution in [0.2, 0.25) is 4.34 Å². The van der Waals surface area contributed by atoms with Gasteiger partial charge in [0.25, 0.3) is 0 Å². The summed E-state index contributed by atoms with van der Waals surface area (Å²) >= 11 is 7.49. The van der Waals surface area contributed by atoms with Crippen molar-refractivity contribution >= 4 is 34.8 Å². The topological polar surface area (TPSA) is 72.0 Å². The Balaban J connectivity index is 2.14. The summed E-state index contributed by atoms with van der Waals surface area (Å²) < 4.78 is 6.23. The van der Waals surface area contributed by atoms with Crippen LogP contribution in [0.15, 0.2) is 12.1 Å². The van der Waals surface area contributed by atoms with Crippen LogP contribution in [-0.2, 0) is 0 Å². The first-order valence-corrected chi connectivity index (χ1v) is 7.90. The molecule has 0 saturated carbocycles. The molecule has 2 rings (SSSR count). The standard InChI is InChI=1S/C13H18ClN5OS/c1-4-7-20-13-18-11(15-3)17-12(19-13)16-8(2)9-5-6-10(14)21-9/h5-6,8H,4,7H2,1-3H3,(H2,15,16,17,18,19). The molecule has 0 aliphatic carbocycles. The molecule has 0 spiro atoms. The average Bonchev–Trinajstić information content (AvgIpc) is 2.91. The Morgan fingerprint density at radius 2 is 2.05 bits per heavy atom. The first-order valence-electron chi connectivity index (χ1n) is 6.70. The highest BCUT2D eigenvalue weighted by Crippen LogP contribution is 2.28. The number of rotatable bonds is 7. The second kappa shape index (κ2) is 7.42. The Hall–Kier alpha value is -1.60. The van der Waals surface area contributed by atoms with Crippen molar-refractivity contribution in [1.82, 2.24) is 15.0 Å². The van der Waals surface area contributed by atoms with Gasteiger partial charge in [-0.1, -0.05) is 18.5 Å². The lowest BCUT2D eigenvalue weighted by molar-refractivity contribution is 0.292. The fourth-order valence-corrected chi connectivity index (χ4v) is 2.68. The highest BCUT2D eigenvalue weighted by atomic mass is 35.5. The number of aromatic nitrogens is 3. The van der Waals surface area contributed by atoms with Gasteiger partial charge in [0.05, 0.1) is 17.0 Å². The van der Waals surface area contributed by atoms with Gasteiger partial charge in [0, 0.05) is 11.9 Å². The van der Waals surface area contributed by atoms with E-state index in [1.807, 2.05) is 26.0 Å². The zero-order valence-corrected chi connectivity index (χ0v) is 13.8. The predicted molar refractivity (Wildman–Crippen MR) is 86.5 cm³/mol. The zero-order chi connectivity index (χ0) is 15.2. The molecule has 1 atom stereocenters. The van der Waals surface area contributed by atoms with Crippen LogP contribution in [0, 0.1) is 0 Å². The maximum absolute atomic E-state index is 5.96. The minimum Gasteiger partial charge on any atom is -0.463 e. The van der Waals surface area contributed by atoms with E-state index in [-0.39, 0.29) is 6.04 Å². The molecule has 0 aliphatic heterocycles. The Kier molecular flexibility index (Phi) is 5.58. The monoisotopic (exact) mass is 327 g/mol. The Bertz CT molecular complexity index is 592. The molecule has 6 nitrogen and oxygen atoms in total. The van der Waals surface area contributed by atoms with E-state index in [2.05, 4.69) is 25.6 Å². The van der Waals surface area contributed by atoms with Crippen molar-refractivity contribution in [3.8, 4) is 6.01 Å². The normalized spacial score (nSPS) is 12.0. The first kappa shape index (κ1) is 15.8. The number of nitrogens with zero attached hydrogens (tertiary/aromatic N) is 3. The van der Waals surface area contributed by atoms with Gasteiger partial charge in [-0.15, -0.1) is 11.3 Å². The molecule has 8 heteroatoms. The summed E-state index contributed by atoms with van der Waals surface area (Å²) in [4.78, 5) is 13.8. The van der Waals surface area contributed by atoms with Crippen LogP contribution in [0.25, 0.3) is 0 Å². The molecule has 0 aromatic carbocycles. The second-order valence-electron chi connectivity index (χ2n) is 4.37. The number of nitrogens with one attached hydrogen (secondary N) is 2. The molecule has 0 radical (unpaired) electrons. The number of thiophene rings is 1. The van der Waals surface area contributed by atoms with Crippen LogP contribution in [0.4, 0.5) is 11.9 Å². The molecule has 114 valence electrons. The van der Waals surface area contributed by atoms with Crippen molar-refractivity contribution < 1.29 is 4.74 Å². The molecule has 2 aromatic rings. The Labute approximate surface area is 132 Å². The molecule has 0 aliphatic rings. The minimum absolute atomic E-state index is 0.0497. The van der Waals surface area contributed by atoms with Crippen molar-refractivity contribution in [2.24, 2.45) is 0 Å². The molecule has 0 amide bonds. The lowest BCUT2D eigenvalue weighted by Gasteiger charge is -2.13. The maximum atomic E-state index is 5.96. The molecule has 0 fully saturated rings. The highest BCUT2D eigenvalue weighted by Gasteiger charge is 2.12. The van der Waals surface area contributed by atoms with Gasteiger partial charge in [0.15, 0.2) is 0 Å². The second-order valence-corrected chi connectivity index (χ2v) is 6.12. The van der Waals surface area contributed by atoms with Gasteiger partial charge in [0.1, 0.15) is 0 Å². The van der Waals surface area contributed by atoms with E-state index in [0.29, 0.717) is 24.5 Å². The van der Waals surface area contributed by atoms with Crippen LogP contribution in [0.1, 0.15) is 31.2 Å². The Morgan fingerprint density at radius 3 is 2.67 bits per heavy atom. The zero-order valence-electron chi connectivity index (χ0n) is 12.2. The van der Waals surface area contributed by atoms with Gasteiger partial charge in [0.2, 0.25) is 11.9 Å². The molecule has 2 N–H and O–H groups in total. The van der Waals surface area contributed by atoms with E-state index in [1.165, 1.54) is 11.3 Å². The van der Waals surface area contributed by atoms with Crippen molar-refractivity contribution in [3.63, 3.8) is 0 Å². The summed E-state index contributed by atoms with van der Waals surface area (Å²) in [5, 5.41) is 6.13. The van der Waals surface area contributed by atoms with E-state index >= 15 is 0 Å². The fourth-order valence-electron chi connectivity index (χ4n) is 1.62. The van der Waals surface area contributed by atoms with Crippen LogP contribution in [-0.4, -0.2) is 28.6 Å². The van der Waals surface area contributed by atoms with Crippen molar-refractivity contribution in [2.45, 2.75) is 26.3 Å². The lowest BCUT2D eigenvalue weighted by Crippen LogP contribution is -2.12. The number of halogens is 1. The fraction of sp³-hybridized carbons (Fsp3) is 0.462. The third-order valence-electron chi connectivity index (χ3n) is 2.64. The van der Waals surface area contributed by atoms with E-state index in [4.69, 9.17) is 16.3 Å². The summed E-state index contributed by atoms with van der Waals surface area (Å²) in [5.41, 5.74) is 0. The molecule has 21 heavy (non-hydrogen) atoms. The van der Waals surface area contributed by atoms with Gasteiger partial charge in [-0.2, -0.15) is 15.0 Å². The third-order valence-corrected chi connectivity index (χ3v) is 4.05. The van der Waals surface area contributed by atoms with Gasteiger partial charge in [-0.25, -0.2) is 0 Å². The molecule has 1 unspecified atom stereocenters. The van der Waals surface area contributed by atoms with Crippen LogP contribution in [0.3, 0.4) is 0 Å². The van der Waals surface area contributed by atoms with Gasteiger partial charge in [-0.05, 0) is 25.5 Å². The molecular formula is C13H18ClN5OS. The van der Waals surface area contributed by atoms with Crippen LogP contribution < -0.4 is 15.4 Å². The summed E-state index contributed by atoms with van der Waals surface area (Å²) in [6, 6.07) is 4.23. The quantitative estimate of drug-likeness (QED) is 0.809. The maximum Gasteiger partial charge on any atom is 0.323 e. The average molecular weight is 328 g/mol. The third kappa shape index (κ3) is 4.44. The van der Waals surface area contributed by atoms with Gasteiger partial charge >= 0.3 is 6.01 Å². The van der Waals surface area contributed by atoms with Gasteiger partial charge < -0.3 is 15.4 Å². The molecular weight excluding hydrogens is 310 g/mol. The van der Waals surface area contributed by atoms with E-state index < -0.39 is 0 Å². The number of anilines is 2. The number of hydrogen-bond donors (Lipinski definition) is 2. The molecule has 2 heterocycles. The van der Waals surface area contributed by atoms with Crippen molar-refractivity contribution in [1.29, 1.82) is 0 Å². The van der Waals surface area contributed by atoms with Crippen molar-refractivity contribution in [3.05, 3.63) is 21.3 Å². The Morgan fingerprint density at radius 1 is 1.29 bits per heavy atom. The summed E-state index contributed by atoms with van der Waals surface area (Å²) in [7, 11) is 1.76. The molecule has 2 aromatic heterocycles. The summed E-state index contributed by atoms with van der Waals surface area (Å²) in [5.74, 6) is 0.937. The van der Waals surface area contributed by atoms with E-state index in [1.54, 1.807) is 7.05 Å².